The van der Waals surface area contributed by atoms with Gasteiger partial charge in [0, 0.05) is 6.54 Å². The highest BCUT2D eigenvalue weighted by molar-refractivity contribution is 6.09. The van der Waals surface area contributed by atoms with Gasteiger partial charge in [-0.05, 0) is 59.5 Å². The fraction of sp³-hybridized carbons (Fsp3) is 0.172. The third-order valence-corrected chi connectivity index (χ3v) is 5.63. The van der Waals surface area contributed by atoms with Gasteiger partial charge in [-0.25, -0.2) is 0 Å². The molecule has 35 heavy (non-hydrogen) atoms. The third kappa shape index (κ3) is 6.18. The number of anilines is 1. The van der Waals surface area contributed by atoms with Crippen molar-refractivity contribution in [3.8, 4) is 11.5 Å². The lowest BCUT2D eigenvalue weighted by Crippen LogP contribution is -2.31. The maximum Gasteiger partial charge on any atom is 0.259 e. The molecule has 0 spiro atoms. The van der Waals surface area contributed by atoms with Crippen LogP contribution in [0.15, 0.2) is 84.9 Å². The van der Waals surface area contributed by atoms with Gasteiger partial charge in [-0.3, -0.25) is 9.59 Å². The van der Waals surface area contributed by atoms with Crippen LogP contribution in [0, 0.1) is 6.92 Å². The Bertz CT molecular complexity index is 1340. The van der Waals surface area contributed by atoms with Gasteiger partial charge in [-0.15, -0.1) is 0 Å². The maximum atomic E-state index is 13.3. The molecule has 4 aromatic rings. The Morgan fingerprint density at radius 1 is 0.829 bits per heavy atom. The molecule has 4 rings (SSSR count). The summed E-state index contributed by atoms with van der Waals surface area (Å²) in [4.78, 5) is 25.7. The summed E-state index contributed by atoms with van der Waals surface area (Å²) in [6, 6.07) is 26.8. The normalized spacial score (nSPS) is 10.6. The summed E-state index contributed by atoms with van der Waals surface area (Å²) in [5, 5.41) is 7.60. The Morgan fingerprint density at radius 3 is 2.29 bits per heavy atom. The van der Waals surface area contributed by atoms with Gasteiger partial charge in [0.1, 0.15) is 11.5 Å². The molecular weight excluding hydrogens is 440 g/mol. The average Bonchev–Trinajstić information content (AvgIpc) is 2.87. The van der Waals surface area contributed by atoms with E-state index < -0.39 is 0 Å². The van der Waals surface area contributed by atoms with Crippen molar-refractivity contribution < 1.29 is 19.1 Å². The number of hydrogen-bond donors (Lipinski definition) is 2. The number of hydrogen-bond acceptors (Lipinski definition) is 4. The van der Waals surface area contributed by atoms with Crippen LogP contribution in [-0.2, 0) is 11.2 Å². The number of methoxy groups -OCH3 is 1. The van der Waals surface area contributed by atoms with Gasteiger partial charge < -0.3 is 20.1 Å². The van der Waals surface area contributed by atoms with E-state index in [1.54, 1.807) is 19.2 Å². The number of fused-ring (bicyclic) bond motifs is 1. The molecule has 0 aliphatic carbocycles. The number of carbonyl (C=O) groups excluding carboxylic acids is 2. The summed E-state index contributed by atoms with van der Waals surface area (Å²) < 4.78 is 11.2. The van der Waals surface area contributed by atoms with Gasteiger partial charge in [0.05, 0.1) is 18.4 Å². The lowest BCUT2D eigenvalue weighted by molar-refractivity contribution is -0.123. The van der Waals surface area contributed by atoms with E-state index in [9.17, 15) is 9.59 Å². The largest absolute Gasteiger partial charge is 0.495 e. The molecular formula is C29H28N2O4. The smallest absolute Gasteiger partial charge is 0.259 e. The molecule has 2 amide bonds. The van der Waals surface area contributed by atoms with Gasteiger partial charge in [-0.2, -0.15) is 0 Å². The first kappa shape index (κ1) is 23.8. The minimum Gasteiger partial charge on any atom is -0.495 e. The van der Waals surface area contributed by atoms with Crippen LogP contribution in [0.2, 0.25) is 0 Å². The van der Waals surface area contributed by atoms with E-state index in [1.807, 2.05) is 79.7 Å². The summed E-state index contributed by atoms with van der Waals surface area (Å²) in [7, 11) is 1.56. The number of rotatable bonds is 9. The number of ether oxygens (including phenoxy) is 2. The van der Waals surface area contributed by atoms with Crippen molar-refractivity contribution in [3.63, 3.8) is 0 Å². The molecule has 6 heteroatoms. The maximum absolute atomic E-state index is 13.3. The molecule has 0 aromatic heterocycles. The molecule has 0 radical (unpaired) electrons. The predicted octanol–water partition coefficient (Wildman–Crippen LogP) is 5.15. The van der Waals surface area contributed by atoms with Gasteiger partial charge >= 0.3 is 0 Å². The standard InChI is InChI=1S/C29H28N2O4/c1-20-12-13-26(34-2)25(16-20)31-29(33)24-17-22-10-6-7-11-23(22)18-27(24)35-19-28(32)30-15-14-21-8-4-3-5-9-21/h3-13,16-18H,14-15,19H2,1-2H3,(H,30,32)(H,31,33). The van der Waals surface area contributed by atoms with Crippen LogP contribution in [0.25, 0.3) is 10.8 Å². The Kier molecular flexibility index (Phi) is 7.63. The Labute approximate surface area is 204 Å². The van der Waals surface area contributed by atoms with Crippen molar-refractivity contribution in [1.29, 1.82) is 0 Å². The molecule has 0 aliphatic heterocycles. The van der Waals surface area contributed by atoms with Crippen LogP contribution >= 0.6 is 0 Å². The zero-order chi connectivity index (χ0) is 24.6. The number of carbonyl (C=O) groups is 2. The summed E-state index contributed by atoms with van der Waals surface area (Å²) in [5.74, 6) is 0.302. The fourth-order valence-corrected chi connectivity index (χ4v) is 3.81. The first-order valence-electron chi connectivity index (χ1n) is 11.5. The number of benzene rings is 4. The molecule has 2 N–H and O–H groups in total. The predicted molar refractivity (Wildman–Crippen MR) is 138 cm³/mol. The van der Waals surface area contributed by atoms with E-state index in [4.69, 9.17) is 9.47 Å². The van der Waals surface area contributed by atoms with Crippen molar-refractivity contribution in [1.82, 2.24) is 5.32 Å². The van der Waals surface area contributed by atoms with Crippen molar-refractivity contribution in [3.05, 3.63) is 102 Å². The van der Waals surface area contributed by atoms with Crippen molar-refractivity contribution >= 4 is 28.3 Å². The molecule has 0 fully saturated rings. The molecule has 0 heterocycles. The lowest BCUT2D eigenvalue weighted by Gasteiger charge is -2.15. The topological polar surface area (TPSA) is 76.7 Å². The molecule has 178 valence electrons. The van der Waals surface area contributed by atoms with Crippen molar-refractivity contribution in [2.24, 2.45) is 0 Å². The summed E-state index contributed by atoms with van der Waals surface area (Å²) in [6.45, 7) is 2.25. The third-order valence-electron chi connectivity index (χ3n) is 5.63. The van der Waals surface area contributed by atoms with Crippen LogP contribution in [0.4, 0.5) is 5.69 Å². The molecule has 0 bridgehead atoms. The number of nitrogens with one attached hydrogen (secondary N) is 2. The first-order chi connectivity index (χ1) is 17.0. The fourth-order valence-electron chi connectivity index (χ4n) is 3.81. The summed E-state index contributed by atoms with van der Waals surface area (Å²) in [6.07, 6.45) is 0.731. The lowest BCUT2D eigenvalue weighted by atomic mass is 10.0. The molecule has 0 saturated heterocycles. The van der Waals surface area contributed by atoms with E-state index in [1.165, 1.54) is 0 Å². The minimum atomic E-state index is -0.348. The average molecular weight is 469 g/mol. The molecule has 0 atom stereocenters. The van der Waals surface area contributed by atoms with Gasteiger partial charge in [0.25, 0.3) is 11.8 Å². The summed E-state index contributed by atoms with van der Waals surface area (Å²) >= 11 is 0. The molecule has 0 aliphatic rings. The molecule has 0 saturated carbocycles. The molecule has 6 nitrogen and oxygen atoms in total. The van der Waals surface area contributed by atoms with Gasteiger partial charge in [0.15, 0.2) is 6.61 Å². The number of amides is 2. The summed E-state index contributed by atoms with van der Waals surface area (Å²) in [5.41, 5.74) is 3.04. The van der Waals surface area contributed by atoms with Gasteiger partial charge in [-0.1, -0.05) is 60.7 Å². The van der Waals surface area contributed by atoms with Crippen LogP contribution in [0.3, 0.4) is 0 Å². The van der Waals surface area contributed by atoms with Crippen LogP contribution in [0.1, 0.15) is 21.5 Å². The second-order valence-corrected chi connectivity index (χ2v) is 8.23. The zero-order valence-electron chi connectivity index (χ0n) is 19.8. The van der Waals surface area contributed by atoms with Crippen LogP contribution < -0.4 is 20.1 Å². The highest BCUT2D eigenvalue weighted by atomic mass is 16.5. The van der Waals surface area contributed by atoms with Crippen LogP contribution in [0.5, 0.6) is 11.5 Å². The van der Waals surface area contributed by atoms with Gasteiger partial charge in [0.2, 0.25) is 0 Å². The van der Waals surface area contributed by atoms with E-state index in [0.717, 1.165) is 28.3 Å². The Balaban J connectivity index is 1.49. The van der Waals surface area contributed by atoms with Crippen LogP contribution in [-0.4, -0.2) is 32.1 Å². The molecule has 0 unspecified atom stereocenters. The second-order valence-electron chi connectivity index (χ2n) is 8.23. The molecule has 4 aromatic carbocycles. The van der Waals surface area contributed by atoms with E-state index in [-0.39, 0.29) is 18.4 Å². The van der Waals surface area contributed by atoms with E-state index in [2.05, 4.69) is 10.6 Å². The quantitative estimate of drug-likeness (QED) is 0.356. The highest BCUT2D eigenvalue weighted by Gasteiger charge is 2.17. The monoisotopic (exact) mass is 468 g/mol. The van der Waals surface area contributed by atoms with E-state index in [0.29, 0.717) is 29.3 Å². The number of aryl methyl sites for hydroxylation is 1. The second kappa shape index (κ2) is 11.2. The Hall–Kier alpha value is -4.32. The Morgan fingerprint density at radius 2 is 1.54 bits per heavy atom. The van der Waals surface area contributed by atoms with Crippen molar-refractivity contribution in [2.45, 2.75) is 13.3 Å². The van der Waals surface area contributed by atoms with Crippen molar-refractivity contribution in [2.75, 3.05) is 25.6 Å². The highest BCUT2D eigenvalue weighted by Crippen LogP contribution is 2.30. The first-order valence-corrected chi connectivity index (χ1v) is 11.5. The minimum absolute atomic E-state index is 0.193. The van der Waals surface area contributed by atoms with E-state index >= 15 is 0 Å². The zero-order valence-corrected chi connectivity index (χ0v) is 19.8. The SMILES string of the molecule is COc1ccc(C)cc1NC(=O)c1cc2ccccc2cc1OCC(=O)NCCc1ccccc1.